The van der Waals surface area contributed by atoms with Gasteiger partial charge < -0.3 is 8.82 Å². The zero-order valence-corrected chi connectivity index (χ0v) is 17.6. The third-order valence-corrected chi connectivity index (χ3v) is 6.00. The molecule has 0 radical (unpaired) electrons. The van der Waals surface area contributed by atoms with Crippen LogP contribution < -0.4 is 0 Å². The molecule has 1 aromatic carbocycles. The molecule has 0 bridgehead atoms. The largest absolute Gasteiger partial charge is 0.467 e. The van der Waals surface area contributed by atoms with Gasteiger partial charge in [0.15, 0.2) is 11.0 Å². The Morgan fingerprint density at radius 2 is 1.87 bits per heavy atom. The number of aryl methyl sites for hydroxylation is 2. The van der Waals surface area contributed by atoms with Crippen molar-refractivity contribution in [3.05, 3.63) is 89.8 Å². The fourth-order valence-corrected chi connectivity index (χ4v) is 4.30. The first-order chi connectivity index (χ1) is 14.7. The lowest BCUT2D eigenvalue weighted by Gasteiger charge is -2.10. The van der Waals surface area contributed by atoms with Gasteiger partial charge >= 0.3 is 0 Å². The van der Waals surface area contributed by atoms with E-state index < -0.39 is 0 Å². The summed E-state index contributed by atoms with van der Waals surface area (Å²) in [5, 5.41) is 9.86. The highest BCUT2D eigenvalue weighted by Gasteiger charge is 2.17. The van der Waals surface area contributed by atoms with Crippen molar-refractivity contribution in [2.45, 2.75) is 31.3 Å². The van der Waals surface area contributed by atoms with Gasteiger partial charge in [0.05, 0.1) is 18.5 Å². The molecule has 0 N–H and O–H groups in total. The normalized spacial score (nSPS) is 11.4. The number of imidazole rings is 1. The Morgan fingerprint density at radius 3 is 2.70 bits per heavy atom. The van der Waals surface area contributed by atoms with E-state index in [2.05, 4.69) is 63.6 Å². The van der Waals surface area contributed by atoms with E-state index in [-0.39, 0.29) is 0 Å². The predicted octanol–water partition coefficient (Wildman–Crippen LogP) is 5.14. The number of benzene rings is 1. The number of nitrogens with zero attached hydrogens (tertiary/aromatic N) is 5. The minimum absolute atomic E-state index is 0.580. The third kappa shape index (κ3) is 3.64. The van der Waals surface area contributed by atoms with Crippen LogP contribution >= 0.6 is 11.8 Å². The molecule has 0 unspecified atom stereocenters. The highest BCUT2D eigenvalue weighted by molar-refractivity contribution is 7.98. The quantitative estimate of drug-likeness (QED) is 0.359. The van der Waals surface area contributed by atoms with Gasteiger partial charge in [0.25, 0.3) is 0 Å². The van der Waals surface area contributed by atoms with Crippen molar-refractivity contribution in [2.75, 3.05) is 0 Å². The van der Waals surface area contributed by atoms with Gasteiger partial charge in [0.2, 0.25) is 0 Å². The molecule has 0 aliphatic heterocycles. The molecule has 0 aliphatic rings. The van der Waals surface area contributed by atoms with Crippen molar-refractivity contribution in [3.63, 3.8) is 0 Å². The van der Waals surface area contributed by atoms with Crippen molar-refractivity contribution in [1.82, 2.24) is 24.1 Å². The van der Waals surface area contributed by atoms with Crippen LogP contribution in [0.4, 0.5) is 0 Å². The fourth-order valence-electron chi connectivity index (χ4n) is 3.48. The fraction of sp³-hybridized carbons (Fsp3) is 0.174. The van der Waals surface area contributed by atoms with Crippen molar-refractivity contribution in [1.29, 1.82) is 0 Å². The van der Waals surface area contributed by atoms with E-state index in [1.165, 1.54) is 5.56 Å². The molecule has 0 spiro atoms. The topological polar surface area (TPSA) is 61.2 Å². The van der Waals surface area contributed by atoms with E-state index in [1.54, 1.807) is 18.0 Å². The zero-order chi connectivity index (χ0) is 20.5. The van der Waals surface area contributed by atoms with Gasteiger partial charge in [-0.1, -0.05) is 42.1 Å². The van der Waals surface area contributed by atoms with E-state index in [4.69, 9.17) is 9.40 Å². The molecule has 30 heavy (non-hydrogen) atoms. The van der Waals surface area contributed by atoms with E-state index in [9.17, 15) is 0 Å². The van der Waals surface area contributed by atoms with Gasteiger partial charge in [-0.3, -0.25) is 4.57 Å². The second kappa shape index (κ2) is 7.84. The number of hydrogen-bond donors (Lipinski definition) is 0. The Hall–Kier alpha value is -3.32. The average molecular weight is 416 g/mol. The third-order valence-electron chi connectivity index (χ3n) is 4.99. The molecule has 4 aromatic heterocycles. The molecule has 0 atom stereocenters. The average Bonchev–Trinajstić information content (AvgIpc) is 3.47. The van der Waals surface area contributed by atoms with Crippen LogP contribution in [0.3, 0.4) is 0 Å². The van der Waals surface area contributed by atoms with Crippen molar-refractivity contribution >= 4 is 17.4 Å². The van der Waals surface area contributed by atoms with E-state index in [0.717, 1.165) is 39.2 Å². The molecular formula is C23H21N5OS. The standard InChI is InChI=1S/C23H21N5OS/c1-16-9-10-21-24-18(13-27(21)12-16)15-30-23-26-25-22(20-8-4-3-6-17(20)2)28(23)14-19-7-5-11-29-19/h3-13H,14-15H2,1-2H3. The minimum Gasteiger partial charge on any atom is -0.467 e. The summed E-state index contributed by atoms with van der Waals surface area (Å²) in [5.74, 6) is 2.43. The first-order valence-electron chi connectivity index (χ1n) is 9.76. The van der Waals surface area contributed by atoms with E-state index in [0.29, 0.717) is 12.3 Å². The number of rotatable bonds is 6. The Bertz CT molecular complexity index is 1300. The Morgan fingerprint density at radius 1 is 0.967 bits per heavy atom. The summed E-state index contributed by atoms with van der Waals surface area (Å²) in [4.78, 5) is 4.72. The van der Waals surface area contributed by atoms with Crippen LogP contribution in [-0.4, -0.2) is 24.1 Å². The summed E-state index contributed by atoms with van der Waals surface area (Å²) in [5.41, 5.74) is 5.41. The van der Waals surface area contributed by atoms with Crippen LogP contribution in [0.25, 0.3) is 17.0 Å². The van der Waals surface area contributed by atoms with Gasteiger partial charge in [-0.15, -0.1) is 10.2 Å². The van der Waals surface area contributed by atoms with Gasteiger partial charge in [-0.2, -0.15) is 0 Å². The molecule has 4 heterocycles. The van der Waals surface area contributed by atoms with Gasteiger partial charge in [-0.05, 0) is 43.2 Å². The molecular weight excluding hydrogens is 394 g/mol. The van der Waals surface area contributed by atoms with Crippen LogP contribution in [0.2, 0.25) is 0 Å². The smallest absolute Gasteiger partial charge is 0.192 e. The molecule has 0 saturated heterocycles. The number of pyridine rings is 1. The van der Waals surface area contributed by atoms with E-state index >= 15 is 0 Å². The highest BCUT2D eigenvalue weighted by atomic mass is 32.2. The lowest BCUT2D eigenvalue weighted by Crippen LogP contribution is -2.04. The molecule has 150 valence electrons. The molecule has 0 fully saturated rings. The van der Waals surface area contributed by atoms with E-state index in [1.807, 2.05) is 30.3 Å². The zero-order valence-electron chi connectivity index (χ0n) is 16.8. The molecule has 0 aliphatic carbocycles. The minimum atomic E-state index is 0.580. The monoisotopic (exact) mass is 415 g/mol. The number of furan rings is 1. The second-order valence-electron chi connectivity index (χ2n) is 7.28. The van der Waals surface area contributed by atoms with Gasteiger partial charge in [-0.25, -0.2) is 4.98 Å². The summed E-state index contributed by atoms with van der Waals surface area (Å²) in [7, 11) is 0. The number of fused-ring (bicyclic) bond motifs is 1. The van der Waals surface area contributed by atoms with Gasteiger partial charge in [0, 0.05) is 23.7 Å². The SMILES string of the molecule is Cc1ccc2nc(CSc3nnc(-c4ccccc4C)n3Cc3ccco3)cn2c1. The maximum Gasteiger partial charge on any atom is 0.192 e. The molecule has 5 rings (SSSR count). The number of thioether (sulfide) groups is 1. The number of aromatic nitrogens is 5. The number of hydrogen-bond acceptors (Lipinski definition) is 5. The lowest BCUT2D eigenvalue weighted by atomic mass is 10.1. The lowest BCUT2D eigenvalue weighted by molar-refractivity contribution is 0.485. The molecule has 6 nitrogen and oxygen atoms in total. The van der Waals surface area contributed by atoms with Crippen molar-refractivity contribution < 1.29 is 4.42 Å². The maximum absolute atomic E-state index is 5.60. The summed E-state index contributed by atoms with van der Waals surface area (Å²) < 4.78 is 9.78. The second-order valence-corrected chi connectivity index (χ2v) is 8.22. The summed E-state index contributed by atoms with van der Waals surface area (Å²) in [6.45, 7) is 4.75. The molecule has 0 amide bonds. The van der Waals surface area contributed by atoms with Crippen LogP contribution in [0.15, 0.2) is 76.8 Å². The molecule has 0 saturated carbocycles. The van der Waals surface area contributed by atoms with Crippen LogP contribution in [0.5, 0.6) is 0 Å². The highest BCUT2D eigenvalue weighted by Crippen LogP contribution is 2.29. The van der Waals surface area contributed by atoms with Crippen LogP contribution in [-0.2, 0) is 12.3 Å². The maximum atomic E-state index is 5.60. The van der Waals surface area contributed by atoms with Crippen LogP contribution in [0.1, 0.15) is 22.6 Å². The summed E-state index contributed by atoms with van der Waals surface area (Å²) in [6.07, 6.45) is 5.86. The van der Waals surface area contributed by atoms with Crippen molar-refractivity contribution in [2.24, 2.45) is 0 Å². The Labute approximate surface area is 178 Å². The predicted molar refractivity (Wildman–Crippen MR) is 117 cm³/mol. The van der Waals surface area contributed by atoms with Crippen LogP contribution in [0, 0.1) is 13.8 Å². The summed E-state index contributed by atoms with van der Waals surface area (Å²) >= 11 is 1.63. The van der Waals surface area contributed by atoms with Gasteiger partial charge in [0.1, 0.15) is 11.4 Å². The first-order valence-corrected chi connectivity index (χ1v) is 10.7. The first kappa shape index (κ1) is 18.7. The van der Waals surface area contributed by atoms with Crippen molar-refractivity contribution in [3.8, 4) is 11.4 Å². The Balaban J connectivity index is 1.47. The molecule has 5 aromatic rings. The summed E-state index contributed by atoms with van der Waals surface area (Å²) in [6, 6.07) is 16.2. The molecule has 7 heteroatoms. The Kier molecular flexibility index (Phi) is 4.88.